The average Bonchev–Trinajstić information content (AvgIpc) is 2.02. The molecule has 4 atom stereocenters. The molecule has 0 aromatic heterocycles. The fourth-order valence-electron chi connectivity index (χ4n) is 2.38. The molecule has 0 bridgehead atoms. The molecule has 1 aliphatic rings. The van der Waals surface area contributed by atoms with Gasteiger partial charge < -0.3 is 0 Å². The van der Waals surface area contributed by atoms with Crippen molar-refractivity contribution < 1.29 is 0 Å². The summed E-state index contributed by atoms with van der Waals surface area (Å²) in [5.41, 5.74) is 0. The van der Waals surface area contributed by atoms with E-state index in [-0.39, 0.29) is 0 Å². The molecule has 0 aromatic carbocycles. The molecule has 1 saturated carbocycles. The predicted molar refractivity (Wildman–Crippen MR) is 55.1 cm³/mol. The quantitative estimate of drug-likeness (QED) is 0.511. The van der Waals surface area contributed by atoms with E-state index in [0.717, 1.165) is 23.7 Å². The minimum absolute atomic E-state index is 0.947. The molecule has 1 rings (SSSR count). The first-order valence-corrected chi connectivity index (χ1v) is 5.61. The molecule has 0 aromatic rings. The van der Waals surface area contributed by atoms with Crippen LogP contribution in [0.1, 0.15) is 53.4 Å². The Morgan fingerprint density at radius 2 is 1.08 bits per heavy atom. The van der Waals surface area contributed by atoms with Gasteiger partial charge in [0.2, 0.25) is 0 Å². The molecule has 12 heavy (non-hydrogen) atoms. The normalized spacial score (nSPS) is 45.0. The van der Waals surface area contributed by atoms with Crippen molar-refractivity contribution in [1.29, 1.82) is 0 Å². The van der Waals surface area contributed by atoms with Gasteiger partial charge in [-0.05, 0) is 30.1 Å². The SMILES string of the molecule is CC1CCCC(C)C(C)CC1C. The second kappa shape index (κ2) is 4.30. The Labute approximate surface area is 77.7 Å². The highest BCUT2D eigenvalue weighted by Crippen LogP contribution is 2.33. The van der Waals surface area contributed by atoms with E-state index in [1.807, 2.05) is 0 Å². The summed E-state index contributed by atoms with van der Waals surface area (Å²) in [7, 11) is 0. The molecule has 0 spiro atoms. The lowest BCUT2D eigenvalue weighted by Gasteiger charge is -2.30. The summed E-state index contributed by atoms with van der Waals surface area (Å²) >= 11 is 0. The van der Waals surface area contributed by atoms with Crippen LogP contribution in [-0.2, 0) is 0 Å². The molecule has 0 heteroatoms. The Kier molecular flexibility index (Phi) is 3.61. The van der Waals surface area contributed by atoms with E-state index in [2.05, 4.69) is 27.7 Å². The minimum atomic E-state index is 0.947. The number of hydrogen-bond acceptors (Lipinski definition) is 0. The van der Waals surface area contributed by atoms with Gasteiger partial charge in [0.15, 0.2) is 0 Å². The molecule has 1 aliphatic carbocycles. The van der Waals surface area contributed by atoms with Gasteiger partial charge in [-0.15, -0.1) is 0 Å². The van der Waals surface area contributed by atoms with E-state index >= 15 is 0 Å². The molecule has 0 nitrogen and oxygen atoms in total. The topological polar surface area (TPSA) is 0 Å². The van der Waals surface area contributed by atoms with Crippen LogP contribution in [0.3, 0.4) is 0 Å². The Morgan fingerprint density at radius 3 is 1.50 bits per heavy atom. The van der Waals surface area contributed by atoms with E-state index in [1.165, 1.54) is 25.7 Å². The Morgan fingerprint density at radius 1 is 0.667 bits per heavy atom. The van der Waals surface area contributed by atoms with E-state index in [1.54, 1.807) is 0 Å². The Bertz CT molecular complexity index is 114. The first kappa shape index (κ1) is 10.1. The van der Waals surface area contributed by atoms with Crippen LogP contribution in [0.15, 0.2) is 0 Å². The predicted octanol–water partition coefficient (Wildman–Crippen LogP) is 4.10. The van der Waals surface area contributed by atoms with Crippen molar-refractivity contribution in [2.45, 2.75) is 53.4 Å². The molecule has 0 N–H and O–H groups in total. The van der Waals surface area contributed by atoms with Gasteiger partial charge in [0, 0.05) is 0 Å². The van der Waals surface area contributed by atoms with Gasteiger partial charge in [0.1, 0.15) is 0 Å². The highest BCUT2D eigenvalue weighted by molar-refractivity contribution is 4.73. The Hall–Kier alpha value is 0. The van der Waals surface area contributed by atoms with Gasteiger partial charge in [0.25, 0.3) is 0 Å². The third kappa shape index (κ3) is 2.50. The van der Waals surface area contributed by atoms with Gasteiger partial charge >= 0.3 is 0 Å². The molecule has 0 heterocycles. The second-order valence-electron chi connectivity index (χ2n) is 5.08. The zero-order valence-corrected chi connectivity index (χ0v) is 9.14. The molecule has 0 amide bonds. The summed E-state index contributed by atoms with van der Waals surface area (Å²) in [6, 6.07) is 0. The van der Waals surface area contributed by atoms with Crippen molar-refractivity contribution in [1.82, 2.24) is 0 Å². The molecule has 72 valence electrons. The van der Waals surface area contributed by atoms with Crippen LogP contribution in [0.5, 0.6) is 0 Å². The summed E-state index contributed by atoms with van der Waals surface area (Å²) < 4.78 is 0. The monoisotopic (exact) mass is 168 g/mol. The van der Waals surface area contributed by atoms with Crippen molar-refractivity contribution in [2.75, 3.05) is 0 Å². The van der Waals surface area contributed by atoms with Gasteiger partial charge in [-0.3, -0.25) is 0 Å². The van der Waals surface area contributed by atoms with Crippen molar-refractivity contribution in [3.63, 3.8) is 0 Å². The smallest absolute Gasteiger partial charge is 0.0414 e. The van der Waals surface area contributed by atoms with Gasteiger partial charge in [-0.25, -0.2) is 0 Å². The maximum Gasteiger partial charge on any atom is -0.0414 e. The van der Waals surface area contributed by atoms with E-state index in [0.29, 0.717) is 0 Å². The van der Waals surface area contributed by atoms with Crippen molar-refractivity contribution in [3.05, 3.63) is 0 Å². The van der Waals surface area contributed by atoms with Crippen LogP contribution < -0.4 is 0 Å². The number of hydrogen-bond donors (Lipinski definition) is 0. The largest absolute Gasteiger partial charge is 0.0623 e. The van der Waals surface area contributed by atoms with E-state index < -0.39 is 0 Å². The molecule has 1 fully saturated rings. The summed E-state index contributed by atoms with van der Waals surface area (Å²) in [5.74, 6) is 3.81. The third-order valence-electron chi connectivity index (χ3n) is 4.01. The standard InChI is InChI=1S/C12H24/c1-9-6-5-7-10(2)12(4)8-11(9)3/h9-12H,5-8H2,1-4H3. The fraction of sp³-hybridized carbons (Fsp3) is 1.00. The summed E-state index contributed by atoms with van der Waals surface area (Å²) in [6.45, 7) is 9.71. The maximum absolute atomic E-state index is 2.43. The zero-order valence-electron chi connectivity index (χ0n) is 9.14. The van der Waals surface area contributed by atoms with Gasteiger partial charge in [-0.2, -0.15) is 0 Å². The minimum Gasteiger partial charge on any atom is -0.0623 e. The number of rotatable bonds is 0. The van der Waals surface area contributed by atoms with Gasteiger partial charge in [0.05, 0.1) is 0 Å². The second-order valence-corrected chi connectivity index (χ2v) is 5.08. The zero-order chi connectivity index (χ0) is 9.14. The van der Waals surface area contributed by atoms with E-state index in [9.17, 15) is 0 Å². The third-order valence-corrected chi connectivity index (χ3v) is 4.01. The van der Waals surface area contributed by atoms with Crippen molar-refractivity contribution in [3.8, 4) is 0 Å². The summed E-state index contributed by atoms with van der Waals surface area (Å²) in [6.07, 6.45) is 5.82. The lowest BCUT2D eigenvalue weighted by molar-refractivity contribution is 0.209. The lowest BCUT2D eigenvalue weighted by Crippen LogP contribution is -2.19. The molecule has 0 saturated heterocycles. The molecule has 0 aliphatic heterocycles. The van der Waals surface area contributed by atoms with Crippen LogP contribution in [0.25, 0.3) is 0 Å². The van der Waals surface area contributed by atoms with Crippen LogP contribution in [0, 0.1) is 23.7 Å². The van der Waals surface area contributed by atoms with Crippen LogP contribution in [0.2, 0.25) is 0 Å². The maximum atomic E-state index is 2.43. The van der Waals surface area contributed by atoms with E-state index in [4.69, 9.17) is 0 Å². The van der Waals surface area contributed by atoms with Crippen molar-refractivity contribution >= 4 is 0 Å². The average molecular weight is 168 g/mol. The van der Waals surface area contributed by atoms with Crippen LogP contribution in [-0.4, -0.2) is 0 Å². The molecule has 0 radical (unpaired) electrons. The highest BCUT2D eigenvalue weighted by atomic mass is 14.3. The molecule has 4 unspecified atom stereocenters. The highest BCUT2D eigenvalue weighted by Gasteiger charge is 2.22. The van der Waals surface area contributed by atoms with Crippen LogP contribution >= 0.6 is 0 Å². The van der Waals surface area contributed by atoms with Crippen LogP contribution in [0.4, 0.5) is 0 Å². The summed E-state index contributed by atoms with van der Waals surface area (Å²) in [5, 5.41) is 0. The fourth-order valence-corrected chi connectivity index (χ4v) is 2.38. The lowest BCUT2D eigenvalue weighted by atomic mass is 9.76. The molecular weight excluding hydrogens is 144 g/mol. The van der Waals surface area contributed by atoms with Crippen molar-refractivity contribution in [2.24, 2.45) is 23.7 Å². The van der Waals surface area contributed by atoms with Gasteiger partial charge in [-0.1, -0.05) is 47.0 Å². The molecular formula is C12H24. The first-order chi connectivity index (χ1) is 5.61. The summed E-state index contributed by atoms with van der Waals surface area (Å²) in [4.78, 5) is 0. The first-order valence-electron chi connectivity index (χ1n) is 5.61. The Balaban J connectivity index is 2.48.